The standard InChI is InChI=1S/C14H11Br2F2NO/c1-20-12-6-11(18)9(16)5-7(12)14(19)13-8(15)3-2-4-10(13)17/h2-6,14H,19H2,1H3. The van der Waals surface area contributed by atoms with Crippen LogP contribution < -0.4 is 10.5 Å². The Kier molecular flexibility index (Phi) is 4.78. The average molecular weight is 407 g/mol. The molecular weight excluding hydrogens is 396 g/mol. The third kappa shape index (κ3) is 2.87. The van der Waals surface area contributed by atoms with Gasteiger partial charge in [0.15, 0.2) is 0 Å². The predicted octanol–water partition coefficient (Wildman–Crippen LogP) is 4.55. The topological polar surface area (TPSA) is 35.2 Å². The lowest BCUT2D eigenvalue weighted by atomic mass is 9.98. The van der Waals surface area contributed by atoms with Gasteiger partial charge >= 0.3 is 0 Å². The van der Waals surface area contributed by atoms with Gasteiger partial charge in [-0.1, -0.05) is 22.0 Å². The quantitative estimate of drug-likeness (QED) is 0.811. The van der Waals surface area contributed by atoms with Gasteiger partial charge in [0, 0.05) is 21.7 Å². The van der Waals surface area contributed by atoms with Crippen LogP contribution in [0.25, 0.3) is 0 Å². The summed E-state index contributed by atoms with van der Waals surface area (Å²) in [6.07, 6.45) is 0. The second kappa shape index (κ2) is 6.20. The first-order valence-electron chi connectivity index (χ1n) is 5.68. The highest BCUT2D eigenvalue weighted by molar-refractivity contribution is 9.10. The Morgan fingerprint density at radius 2 is 1.80 bits per heavy atom. The minimum atomic E-state index is -0.780. The number of halogens is 4. The van der Waals surface area contributed by atoms with E-state index in [0.29, 0.717) is 15.6 Å². The van der Waals surface area contributed by atoms with Gasteiger partial charge in [0.25, 0.3) is 0 Å². The van der Waals surface area contributed by atoms with Gasteiger partial charge in [-0.15, -0.1) is 0 Å². The molecule has 0 radical (unpaired) electrons. The molecule has 106 valence electrons. The summed E-state index contributed by atoms with van der Waals surface area (Å²) in [5, 5.41) is 0. The fourth-order valence-electron chi connectivity index (χ4n) is 1.93. The molecule has 0 aliphatic rings. The van der Waals surface area contributed by atoms with Crippen LogP contribution in [0.2, 0.25) is 0 Å². The van der Waals surface area contributed by atoms with Crippen molar-refractivity contribution in [1.82, 2.24) is 0 Å². The van der Waals surface area contributed by atoms with E-state index in [1.165, 1.54) is 25.3 Å². The lowest BCUT2D eigenvalue weighted by molar-refractivity contribution is 0.403. The maximum absolute atomic E-state index is 14.0. The molecule has 0 heterocycles. The van der Waals surface area contributed by atoms with Crippen molar-refractivity contribution in [1.29, 1.82) is 0 Å². The Hall–Kier alpha value is -0.980. The van der Waals surface area contributed by atoms with Gasteiger partial charge in [-0.25, -0.2) is 8.78 Å². The van der Waals surface area contributed by atoms with E-state index < -0.39 is 17.7 Å². The molecule has 0 spiro atoms. The number of nitrogens with two attached hydrogens (primary N) is 1. The van der Waals surface area contributed by atoms with Gasteiger partial charge in [0.1, 0.15) is 17.4 Å². The lowest BCUT2D eigenvalue weighted by Gasteiger charge is -2.18. The highest BCUT2D eigenvalue weighted by Crippen LogP contribution is 2.36. The first-order valence-corrected chi connectivity index (χ1v) is 7.26. The van der Waals surface area contributed by atoms with E-state index in [1.807, 2.05) is 0 Å². The van der Waals surface area contributed by atoms with Crippen LogP contribution in [0.5, 0.6) is 5.75 Å². The van der Waals surface area contributed by atoms with Crippen molar-refractivity contribution in [3.8, 4) is 5.75 Å². The molecule has 20 heavy (non-hydrogen) atoms. The number of hydrogen-bond acceptors (Lipinski definition) is 2. The van der Waals surface area contributed by atoms with Crippen LogP contribution in [-0.2, 0) is 0 Å². The maximum Gasteiger partial charge on any atom is 0.141 e. The minimum Gasteiger partial charge on any atom is -0.496 e. The normalized spacial score (nSPS) is 12.3. The van der Waals surface area contributed by atoms with Crippen LogP contribution in [0.4, 0.5) is 8.78 Å². The van der Waals surface area contributed by atoms with Crippen molar-refractivity contribution in [2.24, 2.45) is 5.73 Å². The molecule has 1 atom stereocenters. The van der Waals surface area contributed by atoms with Crippen molar-refractivity contribution in [3.63, 3.8) is 0 Å². The van der Waals surface area contributed by atoms with E-state index in [0.717, 1.165) is 0 Å². The zero-order valence-corrected chi connectivity index (χ0v) is 13.6. The summed E-state index contributed by atoms with van der Waals surface area (Å²) in [7, 11) is 1.41. The summed E-state index contributed by atoms with van der Waals surface area (Å²) in [6, 6.07) is 6.53. The van der Waals surface area contributed by atoms with Gasteiger partial charge in [-0.05, 0) is 34.1 Å². The first kappa shape index (κ1) is 15.4. The van der Waals surface area contributed by atoms with Gasteiger partial charge < -0.3 is 10.5 Å². The van der Waals surface area contributed by atoms with Crippen LogP contribution in [0.1, 0.15) is 17.2 Å². The van der Waals surface area contributed by atoms with Crippen LogP contribution >= 0.6 is 31.9 Å². The molecule has 2 nitrogen and oxygen atoms in total. The Morgan fingerprint density at radius 3 is 2.40 bits per heavy atom. The van der Waals surface area contributed by atoms with Crippen molar-refractivity contribution in [3.05, 3.63) is 62.0 Å². The maximum atomic E-state index is 14.0. The molecule has 2 aromatic rings. The number of methoxy groups -OCH3 is 1. The van der Waals surface area contributed by atoms with E-state index in [1.54, 1.807) is 12.1 Å². The Bertz CT molecular complexity index is 629. The molecule has 2 aromatic carbocycles. The van der Waals surface area contributed by atoms with Gasteiger partial charge in [0.05, 0.1) is 17.6 Å². The van der Waals surface area contributed by atoms with E-state index in [4.69, 9.17) is 10.5 Å². The second-order valence-corrected chi connectivity index (χ2v) is 5.83. The summed E-state index contributed by atoms with van der Waals surface area (Å²) in [5.41, 5.74) is 6.91. The Labute approximate surface area is 132 Å². The highest BCUT2D eigenvalue weighted by atomic mass is 79.9. The SMILES string of the molecule is COc1cc(F)c(Br)cc1C(N)c1c(F)cccc1Br. The molecule has 6 heteroatoms. The number of rotatable bonds is 3. The van der Waals surface area contributed by atoms with E-state index in [2.05, 4.69) is 31.9 Å². The summed E-state index contributed by atoms with van der Waals surface area (Å²) in [4.78, 5) is 0. The molecule has 2 rings (SSSR count). The lowest BCUT2D eigenvalue weighted by Crippen LogP contribution is -2.15. The molecule has 0 aliphatic heterocycles. The van der Waals surface area contributed by atoms with E-state index >= 15 is 0 Å². The third-order valence-corrected chi connectivity index (χ3v) is 4.22. The number of ether oxygens (including phenoxy) is 1. The number of hydrogen-bond donors (Lipinski definition) is 1. The van der Waals surface area contributed by atoms with Crippen molar-refractivity contribution < 1.29 is 13.5 Å². The van der Waals surface area contributed by atoms with Gasteiger partial charge in [-0.2, -0.15) is 0 Å². The molecular formula is C14H11Br2F2NO. The summed E-state index contributed by atoms with van der Waals surface area (Å²) in [6.45, 7) is 0. The Morgan fingerprint density at radius 1 is 1.10 bits per heavy atom. The molecule has 1 unspecified atom stereocenters. The average Bonchev–Trinajstić information content (AvgIpc) is 2.41. The molecule has 0 bridgehead atoms. The molecule has 2 N–H and O–H groups in total. The van der Waals surface area contributed by atoms with Crippen LogP contribution in [-0.4, -0.2) is 7.11 Å². The zero-order valence-electron chi connectivity index (χ0n) is 10.5. The molecule has 0 saturated carbocycles. The van der Waals surface area contributed by atoms with E-state index in [-0.39, 0.29) is 10.2 Å². The second-order valence-electron chi connectivity index (χ2n) is 4.12. The minimum absolute atomic E-state index is 0.246. The summed E-state index contributed by atoms with van der Waals surface area (Å²) >= 11 is 6.37. The largest absolute Gasteiger partial charge is 0.496 e. The van der Waals surface area contributed by atoms with Crippen molar-refractivity contribution >= 4 is 31.9 Å². The molecule has 0 fully saturated rings. The molecule has 0 aliphatic carbocycles. The van der Waals surface area contributed by atoms with Crippen molar-refractivity contribution in [2.75, 3.05) is 7.11 Å². The van der Waals surface area contributed by atoms with Crippen LogP contribution in [0, 0.1) is 11.6 Å². The van der Waals surface area contributed by atoms with Crippen LogP contribution in [0.15, 0.2) is 39.3 Å². The Balaban J connectivity index is 2.59. The van der Waals surface area contributed by atoms with Gasteiger partial charge in [-0.3, -0.25) is 0 Å². The number of benzene rings is 2. The zero-order chi connectivity index (χ0) is 14.9. The highest BCUT2D eigenvalue weighted by Gasteiger charge is 2.21. The summed E-state index contributed by atoms with van der Waals surface area (Å²) in [5.74, 6) is -0.631. The van der Waals surface area contributed by atoms with Crippen molar-refractivity contribution in [2.45, 2.75) is 6.04 Å². The predicted molar refractivity (Wildman–Crippen MR) is 80.8 cm³/mol. The van der Waals surface area contributed by atoms with Crippen LogP contribution in [0.3, 0.4) is 0 Å². The summed E-state index contributed by atoms with van der Waals surface area (Å²) < 4.78 is 33.4. The smallest absolute Gasteiger partial charge is 0.141 e. The van der Waals surface area contributed by atoms with E-state index in [9.17, 15) is 8.78 Å². The van der Waals surface area contributed by atoms with Gasteiger partial charge in [0.2, 0.25) is 0 Å². The molecule has 0 aromatic heterocycles. The first-order chi connectivity index (χ1) is 9.45. The monoisotopic (exact) mass is 405 g/mol. The third-order valence-electron chi connectivity index (χ3n) is 2.92. The fourth-order valence-corrected chi connectivity index (χ4v) is 2.88. The molecule has 0 saturated heterocycles. The fraction of sp³-hybridized carbons (Fsp3) is 0.143. The molecule has 0 amide bonds.